The van der Waals surface area contributed by atoms with Gasteiger partial charge >= 0.3 is 17.9 Å². The van der Waals surface area contributed by atoms with E-state index >= 15 is 0 Å². The van der Waals surface area contributed by atoms with Gasteiger partial charge in [0.05, 0.1) is 0 Å². The molecule has 1 N–H and O–H groups in total. The Bertz CT molecular complexity index is 684. The van der Waals surface area contributed by atoms with Gasteiger partial charge in [0, 0.05) is 38.0 Å². The fourth-order valence-electron chi connectivity index (χ4n) is 5.22. The van der Waals surface area contributed by atoms with Gasteiger partial charge in [0.25, 0.3) is 0 Å². The molecule has 2 aliphatic carbocycles. The summed E-state index contributed by atoms with van der Waals surface area (Å²) >= 11 is 0. The van der Waals surface area contributed by atoms with Crippen molar-refractivity contribution < 1.29 is 38.5 Å². The number of fused-ring (bicyclic) bond motifs is 1. The normalized spacial score (nSPS) is 36.8. The number of carbonyl (C=O) groups is 4. The van der Waals surface area contributed by atoms with Gasteiger partial charge in [-0.3, -0.25) is 19.2 Å². The molecule has 158 valence electrons. The minimum absolute atomic E-state index is 0.111. The number of hydrogen-bond acceptors (Lipinski definition) is 8. The lowest BCUT2D eigenvalue weighted by molar-refractivity contribution is -0.221. The van der Waals surface area contributed by atoms with E-state index in [4.69, 9.17) is 14.2 Å². The average molecular weight is 398 g/mol. The minimum Gasteiger partial charge on any atom is -0.462 e. The molecule has 28 heavy (non-hydrogen) atoms. The van der Waals surface area contributed by atoms with Crippen molar-refractivity contribution in [2.45, 2.75) is 78.6 Å². The molecular weight excluding hydrogens is 368 g/mol. The van der Waals surface area contributed by atoms with Crippen molar-refractivity contribution in [2.24, 2.45) is 16.7 Å². The van der Waals surface area contributed by atoms with Crippen LogP contribution in [0.3, 0.4) is 0 Å². The van der Waals surface area contributed by atoms with Gasteiger partial charge in [0.2, 0.25) is 0 Å². The summed E-state index contributed by atoms with van der Waals surface area (Å²) < 4.78 is 15.9. The van der Waals surface area contributed by atoms with Crippen LogP contribution < -0.4 is 0 Å². The molecule has 8 nitrogen and oxygen atoms in total. The maximum absolute atomic E-state index is 13.4. The third-order valence-electron chi connectivity index (χ3n) is 6.28. The molecule has 0 bridgehead atoms. The average Bonchev–Trinajstić information content (AvgIpc) is 2.53. The number of hydrogen-bond donors (Lipinski definition) is 1. The number of aliphatic hydroxyl groups is 1. The van der Waals surface area contributed by atoms with E-state index in [1.807, 2.05) is 13.8 Å². The number of carbonyl (C=O) groups excluding carboxylic acids is 4. The van der Waals surface area contributed by atoms with Crippen LogP contribution in [0, 0.1) is 16.7 Å². The second-order valence-electron chi connectivity index (χ2n) is 8.85. The molecule has 0 aromatic heterocycles. The molecule has 0 radical (unpaired) electrons. The van der Waals surface area contributed by atoms with E-state index in [1.54, 1.807) is 6.92 Å². The summed E-state index contributed by atoms with van der Waals surface area (Å²) in [5, 5.41) is 10.9. The van der Waals surface area contributed by atoms with Crippen molar-refractivity contribution in [1.29, 1.82) is 0 Å². The van der Waals surface area contributed by atoms with Gasteiger partial charge in [-0.1, -0.05) is 20.8 Å². The molecule has 2 saturated carbocycles. The first-order chi connectivity index (χ1) is 12.7. The molecule has 0 unspecified atom stereocenters. The van der Waals surface area contributed by atoms with E-state index in [0.29, 0.717) is 6.42 Å². The highest BCUT2D eigenvalue weighted by Crippen LogP contribution is 2.59. The number of Topliss-reactive ketones (excluding diaryl/α,β-unsaturated/α-hetero) is 1. The molecule has 2 fully saturated rings. The lowest BCUT2D eigenvalue weighted by Crippen LogP contribution is -2.67. The summed E-state index contributed by atoms with van der Waals surface area (Å²) in [7, 11) is 0. The predicted octanol–water partition coefficient (Wildman–Crippen LogP) is 1.56. The second kappa shape index (κ2) is 7.46. The Morgan fingerprint density at radius 2 is 1.61 bits per heavy atom. The van der Waals surface area contributed by atoms with Crippen LogP contribution in [0.4, 0.5) is 0 Å². The van der Waals surface area contributed by atoms with Crippen LogP contribution in [0.2, 0.25) is 0 Å². The Hall–Kier alpha value is -1.96. The zero-order chi connectivity index (χ0) is 21.5. The van der Waals surface area contributed by atoms with Gasteiger partial charge in [-0.05, 0) is 18.8 Å². The summed E-state index contributed by atoms with van der Waals surface area (Å²) in [6.45, 7) is 8.84. The quantitative estimate of drug-likeness (QED) is 0.560. The van der Waals surface area contributed by atoms with Gasteiger partial charge in [-0.2, -0.15) is 0 Å². The van der Waals surface area contributed by atoms with Gasteiger partial charge in [0.1, 0.15) is 18.8 Å². The zero-order valence-corrected chi connectivity index (χ0v) is 17.4. The summed E-state index contributed by atoms with van der Waals surface area (Å²) in [6, 6.07) is 0. The topological polar surface area (TPSA) is 116 Å². The SMILES string of the molecule is CC(=O)OC[C@]1(O)CC[C@H]2C(C)(C)[C@@H](OC(C)=O)[C@H](OC(C)=O)C[C@]2(C)C1=O. The summed E-state index contributed by atoms with van der Waals surface area (Å²) in [5.74, 6) is -2.28. The van der Waals surface area contributed by atoms with Crippen molar-refractivity contribution in [1.82, 2.24) is 0 Å². The van der Waals surface area contributed by atoms with Gasteiger partial charge in [-0.25, -0.2) is 0 Å². The second-order valence-corrected chi connectivity index (χ2v) is 8.85. The molecule has 0 aromatic rings. The smallest absolute Gasteiger partial charge is 0.303 e. The molecule has 0 amide bonds. The molecule has 2 aliphatic rings. The van der Waals surface area contributed by atoms with Gasteiger partial charge < -0.3 is 19.3 Å². The first-order valence-corrected chi connectivity index (χ1v) is 9.49. The first kappa shape index (κ1) is 22.3. The number of esters is 3. The first-order valence-electron chi connectivity index (χ1n) is 9.49. The van der Waals surface area contributed by atoms with Gasteiger partial charge in [-0.15, -0.1) is 0 Å². The molecule has 5 atom stereocenters. The van der Waals surface area contributed by atoms with E-state index in [2.05, 4.69) is 0 Å². The van der Waals surface area contributed by atoms with Crippen molar-refractivity contribution in [2.75, 3.05) is 6.61 Å². The van der Waals surface area contributed by atoms with Crippen molar-refractivity contribution >= 4 is 23.7 Å². The molecule has 8 heteroatoms. The van der Waals surface area contributed by atoms with E-state index in [-0.39, 0.29) is 18.8 Å². The molecule has 2 rings (SSSR count). The van der Waals surface area contributed by atoms with Crippen molar-refractivity contribution in [3.05, 3.63) is 0 Å². The minimum atomic E-state index is -1.79. The van der Waals surface area contributed by atoms with Crippen LogP contribution in [0.5, 0.6) is 0 Å². The maximum atomic E-state index is 13.4. The summed E-state index contributed by atoms with van der Waals surface area (Å²) in [4.78, 5) is 47.9. The fraction of sp³-hybridized carbons (Fsp3) is 0.800. The zero-order valence-electron chi connectivity index (χ0n) is 17.4. The fourth-order valence-corrected chi connectivity index (χ4v) is 5.22. The summed E-state index contributed by atoms with van der Waals surface area (Å²) in [6.07, 6.45) is -0.817. The maximum Gasteiger partial charge on any atom is 0.303 e. The Morgan fingerprint density at radius 1 is 1.04 bits per heavy atom. The molecule has 0 saturated heterocycles. The third kappa shape index (κ3) is 3.92. The predicted molar refractivity (Wildman–Crippen MR) is 96.9 cm³/mol. The third-order valence-corrected chi connectivity index (χ3v) is 6.28. The van der Waals surface area contributed by atoms with E-state index < -0.39 is 58.9 Å². The van der Waals surface area contributed by atoms with Crippen LogP contribution in [-0.2, 0) is 33.4 Å². The van der Waals surface area contributed by atoms with Crippen LogP contribution in [0.25, 0.3) is 0 Å². The number of ether oxygens (including phenoxy) is 3. The van der Waals surface area contributed by atoms with E-state index in [9.17, 15) is 24.3 Å². The van der Waals surface area contributed by atoms with Crippen LogP contribution in [-0.4, -0.2) is 53.2 Å². The summed E-state index contributed by atoms with van der Waals surface area (Å²) in [5.41, 5.74) is -3.51. The molecule has 0 heterocycles. The lowest BCUT2D eigenvalue weighted by atomic mass is 9.47. The van der Waals surface area contributed by atoms with Crippen molar-refractivity contribution in [3.8, 4) is 0 Å². The van der Waals surface area contributed by atoms with Crippen molar-refractivity contribution in [3.63, 3.8) is 0 Å². The number of ketones is 1. The van der Waals surface area contributed by atoms with Crippen LogP contribution in [0.1, 0.15) is 60.8 Å². The highest BCUT2D eigenvalue weighted by Gasteiger charge is 2.65. The molecule has 0 aliphatic heterocycles. The Balaban J connectivity index is 2.43. The molecule has 0 aromatic carbocycles. The lowest BCUT2D eigenvalue weighted by Gasteiger charge is -2.59. The van der Waals surface area contributed by atoms with E-state index in [0.717, 1.165) is 0 Å². The Morgan fingerprint density at radius 3 is 2.11 bits per heavy atom. The monoisotopic (exact) mass is 398 g/mol. The van der Waals surface area contributed by atoms with Gasteiger partial charge in [0.15, 0.2) is 11.4 Å². The van der Waals surface area contributed by atoms with E-state index in [1.165, 1.54) is 20.8 Å². The highest BCUT2D eigenvalue weighted by molar-refractivity contribution is 5.94. The molecular formula is C20H30O8. The standard InChI is InChI=1S/C20H30O8/c1-11(21)26-10-20(25)8-7-15-18(4,5)16(28-13(3)23)14(27-12(2)22)9-19(15,6)17(20)24/h14-16,25H,7-10H2,1-6H3/t14-,15+,16+,19+,20-/m1/s1. The Labute approximate surface area is 164 Å². The highest BCUT2D eigenvalue weighted by atomic mass is 16.6. The number of rotatable bonds is 4. The Kier molecular flexibility index (Phi) is 5.95. The largest absolute Gasteiger partial charge is 0.462 e. The van der Waals surface area contributed by atoms with Crippen LogP contribution >= 0.6 is 0 Å². The molecule has 0 spiro atoms. The van der Waals surface area contributed by atoms with Crippen LogP contribution in [0.15, 0.2) is 0 Å².